The van der Waals surface area contributed by atoms with E-state index in [2.05, 4.69) is 36.9 Å². The number of nitrogens with one attached hydrogen (secondary N) is 1. The van der Waals surface area contributed by atoms with Gasteiger partial charge in [-0.3, -0.25) is 0 Å². The molecule has 65 valence electrons. The van der Waals surface area contributed by atoms with Gasteiger partial charge in [0.2, 0.25) is 0 Å². The smallest absolute Gasteiger partial charge is 0.134 e. The highest BCUT2D eigenvalue weighted by molar-refractivity contribution is 7.78. The second-order valence-corrected chi connectivity index (χ2v) is 3.10. The van der Waals surface area contributed by atoms with Gasteiger partial charge in [-0.15, -0.1) is 0 Å². The van der Waals surface area contributed by atoms with Crippen molar-refractivity contribution in [3.63, 3.8) is 0 Å². The zero-order valence-electron chi connectivity index (χ0n) is 7.52. The van der Waals surface area contributed by atoms with Crippen molar-refractivity contribution in [2.75, 3.05) is 6.54 Å². The van der Waals surface area contributed by atoms with Crippen molar-refractivity contribution in [1.82, 2.24) is 5.32 Å². The Morgan fingerprint density at radius 2 is 2.18 bits per heavy atom. The van der Waals surface area contributed by atoms with Gasteiger partial charge in [-0.25, -0.2) is 0 Å². The third kappa shape index (κ3) is 6.29. The third-order valence-corrected chi connectivity index (χ3v) is 2.15. The summed E-state index contributed by atoms with van der Waals surface area (Å²) in [5.74, 6) is 0.783. The average molecular weight is 172 g/mol. The normalized spacial score (nSPS) is 12.5. The van der Waals surface area contributed by atoms with Gasteiger partial charge in [0, 0.05) is 6.54 Å². The second-order valence-electron chi connectivity index (χ2n) is 2.90. The van der Waals surface area contributed by atoms with Crippen molar-refractivity contribution in [3.05, 3.63) is 0 Å². The monoisotopic (exact) mass is 172 g/mol. The molecule has 1 nitrogen and oxygen atoms in total. The van der Waals surface area contributed by atoms with E-state index in [1.54, 1.807) is 0 Å². The minimum absolute atomic E-state index is 0.783. The number of hydrogen-bond donors (Lipinski definition) is 1. The molecule has 11 heavy (non-hydrogen) atoms. The lowest BCUT2D eigenvalue weighted by molar-refractivity contribution is 0.448. The van der Waals surface area contributed by atoms with Crippen molar-refractivity contribution in [1.29, 1.82) is 0 Å². The van der Waals surface area contributed by atoms with E-state index in [0.717, 1.165) is 12.5 Å². The molecule has 0 amide bonds. The van der Waals surface area contributed by atoms with Crippen LogP contribution in [0.25, 0.3) is 0 Å². The van der Waals surface area contributed by atoms with Gasteiger partial charge in [-0.05, 0) is 12.3 Å². The Balaban J connectivity index is 3.32. The fourth-order valence-corrected chi connectivity index (χ4v) is 1.21. The second kappa shape index (κ2) is 7.99. The molecule has 2 heteroatoms. The molecule has 0 aromatic rings. The summed E-state index contributed by atoms with van der Waals surface area (Å²) in [4.78, 5) is 0. The molecule has 0 aliphatic heterocycles. The molecule has 0 saturated carbocycles. The van der Waals surface area contributed by atoms with Crippen LogP contribution in [0.15, 0.2) is 0 Å². The van der Waals surface area contributed by atoms with Gasteiger partial charge in [0.25, 0.3) is 0 Å². The molecule has 0 bridgehead atoms. The van der Waals surface area contributed by atoms with Crippen molar-refractivity contribution >= 4 is 17.7 Å². The van der Waals surface area contributed by atoms with Crippen molar-refractivity contribution in [2.24, 2.45) is 5.92 Å². The molecule has 0 fully saturated rings. The highest BCUT2D eigenvalue weighted by atomic mass is 32.1. The Morgan fingerprint density at radius 3 is 2.64 bits per heavy atom. The Labute approximate surface area is 75.6 Å². The first-order chi connectivity index (χ1) is 5.35. The molecule has 1 unspecified atom stereocenters. The fraction of sp³-hybridized carbons (Fsp3) is 0.889. The molecule has 0 aliphatic rings. The van der Waals surface area contributed by atoms with E-state index in [4.69, 9.17) is 0 Å². The predicted molar refractivity (Wildman–Crippen MR) is 53.9 cm³/mol. The summed E-state index contributed by atoms with van der Waals surface area (Å²) in [6.45, 7) is 5.46. The van der Waals surface area contributed by atoms with Crippen LogP contribution < -0.4 is 5.32 Å². The third-order valence-electron chi connectivity index (χ3n) is 2.01. The average Bonchev–Trinajstić information content (AvgIpc) is 2.05. The van der Waals surface area contributed by atoms with Crippen molar-refractivity contribution in [2.45, 2.75) is 39.5 Å². The van der Waals surface area contributed by atoms with E-state index >= 15 is 0 Å². The van der Waals surface area contributed by atoms with Crippen LogP contribution in [-0.4, -0.2) is 12.0 Å². The molecular weight excluding hydrogens is 154 g/mol. The Bertz CT molecular complexity index is 93.6. The molecule has 1 N–H and O–H groups in total. The van der Waals surface area contributed by atoms with Gasteiger partial charge < -0.3 is 5.32 Å². The molecule has 0 aromatic carbocycles. The van der Waals surface area contributed by atoms with E-state index in [-0.39, 0.29) is 0 Å². The van der Waals surface area contributed by atoms with Crippen molar-refractivity contribution in [3.8, 4) is 0 Å². The largest absolute Gasteiger partial charge is 0.374 e. The molecule has 1 atom stereocenters. The van der Waals surface area contributed by atoms with Gasteiger partial charge in [0.05, 0.1) is 0 Å². The molecule has 1 radical (unpaired) electrons. The van der Waals surface area contributed by atoms with Crippen LogP contribution in [0.1, 0.15) is 39.5 Å². The first-order valence-corrected chi connectivity index (χ1v) is 4.85. The lowest BCUT2D eigenvalue weighted by atomic mass is 10.00. The topological polar surface area (TPSA) is 12.0 Å². The predicted octanol–water partition coefficient (Wildman–Crippen LogP) is 2.63. The molecule has 0 spiro atoms. The summed E-state index contributed by atoms with van der Waals surface area (Å²) in [5, 5.41) is 2.97. The minimum Gasteiger partial charge on any atom is -0.374 e. The maximum Gasteiger partial charge on any atom is 0.134 e. The first kappa shape index (κ1) is 10.9. The summed E-state index contributed by atoms with van der Waals surface area (Å²) >= 11 is 4.57. The van der Waals surface area contributed by atoms with Gasteiger partial charge in [0.15, 0.2) is 0 Å². The maximum absolute atomic E-state index is 4.57. The van der Waals surface area contributed by atoms with Crippen LogP contribution in [-0.2, 0) is 0 Å². The van der Waals surface area contributed by atoms with E-state index in [1.165, 1.54) is 25.7 Å². The van der Waals surface area contributed by atoms with Crippen LogP contribution >= 0.6 is 12.2 Å². The maximum atomic E-state index is 4.57. The molecule has 0 saturated heterocycles. The summed E-state index contributed by atoms with van der Waals surface area (Å²) in [6, 6.07) is 0. The van der Waals surface area contributed by atoms with Crippen molar-refractivity contribution < 1.29 is 0 Å². The van der Waals surface area contributed by atoms with Crippen LogP contribution in [0, 0.1) is 5.92 Å². The highest BCUT2D eigenvalue weighted by Crippen LogP contribution is 2.10. The quantitative estimate of drug-likeness (QED) is 0.468. The van der Waals surface area contributed by atoms with Gasteiger partial charge in [0.1, 0.15) is 5.49 Å². The zero-order valence-corrected chi connectivity index (χ0v) is 8.34. The first-order valence-electron chi connectivity index (χ1n) is 4.45. The SMILES string of the molecule is CCCCC(CC)CN[C]=S. The van der Waals surface area contributed by atoms with Crippen LogP contribution in [0.5, 0.6) is 0 Å². The van der Waals surface area contributed by atoms with Crippen LogP contribution in [0.2, 0.25) is 0 Å². The van der Waals surface area contributed by atoms with Gasteiger partial charge >= 0.3 is 0 Å². The van der Waals surface area contributed by atoms with E-state index in [9.17, 15) is 0 Å². The number of unbranched alkanes of at least 4 members (excludes halogenated alkanes) is 1. The lowest BCUT2D eigenvalue weighted by Crippen LogP contribution is -2.20. The number of thiocarbonyl (C=S) groups is 1. The van der Waals surface area contributed by atoms with Gasteiger partial charge in [-0.1, -0.05) is 45.3 Å². The summed E-state index contributed by atoms with van der Waals surface area (Å²) in [5.41, 5.74) is 2.54. The Hall–Kier alpha value is -0.110. The molecule has 0 rings (SSSR count). The standard InChI is InChI=1S/C9H18NS/c1-3-5-6-9(4-2)7-10-8-11/h9H,3-7H2,1-2H3,(H,10,11). The zero-order chi connectivity index (χ0) is 8.53. The molecule has 0 heterocycles. The van der Waals surface area contributed by atoms with Crippen LogP contribution in [0.4, 0.5) is 0 Å². The van der Waals surface area contributed by atoms with E-state index in [0.29, 0.717) is 0 Å². The Kier molecular flexibility index (Phi) is 7.91. The minimum atomic E-state index is 0.783. The summed E-state index contributed by atoms with van der Waals surface area (Å²) in [6.07, 6.45) is 5.18. The molecule has 0 aliphatic carbocycles. The van der Waals surface area contributed by atoms with E-state index < -0.39 is 0 Å². The van der Waals surface area contributed by atoms with Gasteiger partial charge in [-0.2, -0.15) is 0 Å². The number of rotatable bonds is 7. The lowest BCUT2D eigenvalue weighted by Gasteiger charge is -2.12. The highest BCUT2D eigenvalue weighted by Gasteiger charge is 2.03. The Morgan fingerprint density at radius 1 is 1.45 bits per heavy atom. The summed E-state index contributed by atoms with van der Waals surface area (Å²) < 4.78 is 0. The fourth-order valence-electron chi connectivity index (χ4n) is 1.13. The molecule has 0 aromatic heterocycles. The van der Waals surface area contributed by atoms with Crippen LogP contribution in [0.3, 0.4) is 0 Å². The molecular formula is C9H18NS. The number of hydrogen-bond acceptors (Lipinski definition) is 1. The summed E-state index contributed by atoms with van der Waals surface area (Å²) in [7, 11) is 0. The van der Waals surface area contributed by atoms with E-state index in [1.807, 2.05) is 0 Å².